The number of carbonyl (C=O) groups is 1. The maximum Gasteiger partial charge on any atom is 0.219 e. The number of hydrogen-bond acceptors (Lipinski definition) is 6. The fourth-order valence-corrected chi connectivity index (χ4v) is 1.29. The number of hydrogen-bond donors (Lipinski definition) is 1. The summed E-state index contributed by atoms with van der Waals surface area (Å²) in [6, 6.07) is 0. The first kappa shape index (κ1) is 20.3. The highest BCUT2D eigenvalue weighted by Crippen LogP contribution is 1.83. The number of ether oxygens (including phenoxy) is 5. The molecule has 0 atom stereocenters. The molecule has 0 radical (unpaired) electrons. The normalized spacial score (nSPS) is 10.8. The molecule has 0 aromatic rings. The molecule has 0 aliphatic carbocycles. The molecule has 0 bridgehead atoms. The summed E-state index contributed by atoms with van der Waals surface area (Å²) in [7, 11) is 1.64. The average molecular weight is 307 g/mol. The molecule has 126 valence electrons. The Morgan fingerprint density at radius 1 is 0.762 bits per heavy atom. The van der Waals surface area contributed by atoms with Crippen LogP contribution in [0.3, 0.4) is 0 Å². The van der Waals surface area contributed by atoms with Crippen LogP contribution < -0.4 is 5.32 Å². The van der Waals surface area contributed by atoms with E-state index in [1.165, 1.54) is 0 Å². The van der Waals surface area contributed by atoms with E-state index in [2.05, 4.69) is 5.32 Å². The van der Waals surface area contributed by atoms with Gasteiger partial charge >= 0.3 is 0 Å². The monoisotopic (exact) mass is 307 g/mol. The minimum atomic E-state index is 0.0400. The lowest BCUT2D eigenvalue weighted by atomic mass is 10.4. The van der Waals surface area contributed by atoms with E-state index >= 15 is 0 Å². The largest absolute Gasteiger partial charge is 0.382 e. The molecular weight excluding hydrogens is 278 g/mol. The first-order valence-corrected chi connectivity index (χ1v) is 7.37. The van der Waals surface area contributed by atoms with Gasteiger partial charge in [0, 0.05) is 20.1 Å². The lowest BCUT2D eigenvalue weighted by Gasteiger charge is -2.07. The highest BCUT2D eigenvalue weighted by atomic mass is 16.6. The highest BCUT2D eigenvalue weighted by molar-refractivity contribution is 5.75. The van der Waals surface area contributed by atoms with Crippen LogP contribution in [0.25, 0.3) is 0 Å². The fourth-order valence-electron chi connectivity index (χ4n) is 1.29. The maximum absolute atomic E-state index is 10.9. The maximum atomic E-state index is 10.9. The van der Waals surface area contributed by atoms with E-state index in [1.54, 1.807) is 7.11 Å². The zero-order valence-corrected chi connectivity index (χ0v) is 13.2. The van der Waals surface area contributed by atoms with E-state index in [-0.39, 0.29) is 5.91 Å². The molecule has 0 aliphatic heterocycles. The van der Waals surface area contributed by atoms with Gasteiger partial charge in [0.25, 0.3) is 0 Å². The average Bonchev–Trinajstić information content (AvgIpc) is 2.50. The van der Waals surface area contributed by atoms with Gasteiger partial charge in [-0.1, -0.05) is 6.92 Å². The van der Waals surface area contributed by atoms with Gasteiger partial charge < -0.3 is 29.0 Å². The third kappa shape index (κ3) is 17.2. The number of nitrogens with one attached hydrogen (secondary N) is 1. The van der Waals surface area contributed by atoms with Crippen LogP contribution >= 0.6 is 0 Å². The Morgan fingerprint density at radius 3 is 1.62 bits per heavy atom. The fraction of sp³-hybridized carbons (Fsp3) is 0.929. The second-order valence-electron chi connectivity index (χ2n) is 4.15. The SMILES string of the molecule is CCC(=O)NCCOCCOCCOCCOCCOC. The third-order valence-corrected chi connectivity index (χ3v) is 2.44. The van der Waals surface area contributed by atoms with Crippen LogP contribution in [0.15, 0.2) is 0 Å². The lowest BCUT2D eigenvalue weighted by molar-refractivity contribution is -0.121. The van der Waals surface area contributed by atoms with Gasteiger partial charge in [0.05, 0.1) is 59.5 Å². The van der Waals surface area contributed by atoms with Gasteiger partial charge in [-0.2, -0.15) is 0 Å². The molecule has 7 heteroatoms. The standard InChI is InChI=1S/C14H29NO6/c1-3-14(16)15-4-5-18-8-9-20-12-13-21-11-10-19-7-6-17-2/h3-13H2,1-2H3,(H,15,16). The smallest absolute Gasteiger partial charge is 0.219 e. The molecule has 0 rings (SSSR count). The molecule has 21 heavy (non-hydrogen) atoms. The van der Waals surface area contributed by atoms with Gasteiger partial charge in [-0.05, 0) is 0 Å². The molecule has 1 amide bonds. The summed E-state index contributed by atoms with van der Waals surface area (Å²) < 4.78 is 26.0. The zero-order chi connectivity index (χ0) is 15.6. The quantitative estimate of drug-likeness (QED) is 0.411. The van der Waals surface area contributed by atoms with Gasteiger partial charge in [0.15, 0.2) is 0 Å². The molecule has 0 saturated carbocycles. The van der Waals surface area contributed by atoms with Crippen LogP contribution in [0.1, 0.15) is 13.3 Å². The summed E-state index contributed by atoms with van der Waals surface area (Å²) in [5.74, 6) is 0.0400. The highest BCUT2D eigenvalue weighted by Gasteiger charge is 1.95. The topological polar surface area (TPSA) is 75.3 Å². The van der Waals surface area contributed by atoms with Crippen molar-refractivity contribution in [2.24, 2.45) is 0 Å². The van der Waals surface area contributed by atoms with Crippen molar-refractivity contribution in [3.05, 3.63) is 0 Å². The zero-order valence-electron chi connectivity index (χ0n) is 13.2. The van der Waals surface area contributed by atoms with Crippen molar-refractivity contribution in [3.8, 4) is 0 Å². The van der Waals surface area contributed by atoms with E-state index < -0.39 is 0 Å². The summed E-state index contributed by atoms with van der Waals surface area (Å²) in [6.07, 6.45) is 0.501. The number of amides is 1. The molecule has 0 fully saturated rings. The van der Waals surface area contributed by atoms with Crippen molar-refractivity contribution in [3.63, 3.8) is 0 Å². The summed E-state index contributed by atoms with van der Waals surface area (Å²) in [6.45, 7) is 7.29. The third-order valence-electron chi connectivity index (χ3n) is 2.44. The lowest BCUT2D eigenvalue weighted by Crippen LogP contribution is -2.26. The Bertz CT molecular complexity index is 228. The summed E-state index contributed by atoms with van der Waals surface area (Å²) in [5.41, 5.74) is 0. The first-order chi connectivity index (χ1) is 10.3. The van der Waals surface area contributed by atoms with E-state index in [0.29, 0.717) is 72.4 Å². The Morgan fingerprint density at radius 2 is 1.19 bits per heavy atom. The van der Waals surface area contributed by atoms with Crippen LogP contribution in [0.2, 0.25) is 0 Å². The Labute approximate surface area is 127 Å². The van der Waals surface area contributed by atoms with Gasteiger partial charge in [0.1, 0.15) is 0 Å². The molecular formula is C14H29NO6. The van der Waals surface area contributed by atoms with Crippen LogP contribution in [0.5, 0.6) is 0 Å². The Kier molecular flexibility index (Phi) is 16.7. The predicted molar refractivity (Wildman–Crippen MR) is 78.5 cm³/mol. The molecule has 0 saturated heterocycles. The van der Waals surface area contributed by atoms with E-state index in [0.717, 1.165) is 0 Å². The first-order valence-electron chi connectivity index (χ1n) is 7.37. The van der Waals surface area contributed by atoms with Crippen molar-refractivity contribution in [1.29, 1.82) is 0 Å². The van der Waals surface area contributed by atoms with Crippen LogP contribution in [0.4, 0.5) is 0 Å². The van der Waals surface area contributed by atoms with Crippen molar-refractivity contribution < 1.29 is 28.5 Å². The van der Waals surface area contributed by atoms with Crippen LogP contribution in [-0.4, -0.2) is 79.0 Å². The minimum absolute atomic E-state index is 0.0400. The second-order valence-corrected chi connectivity index (χ2v) is 4.15. The second kappa shape index (κ2) is 17.3. The molecule has 0 heterocycles. The van der Waals surface area contributed by atoms with Crippen molar-refractivity contribution >= 4 is 5.91 Å². The van der Waals surface area contributed by atoms with Gasteiger partial charge in [-0.15, -0.1) is 0 Å². The van der Waals surface area contributed by atoms with Crippen molar-refractivity contribution in [2.45, 2.75) is 13.3 Å². The molecule has 0 spiro atoms. The van der Waals surface area contributed by atoms with Gasteiger partial charge in [0.2, 0.25) is 5.91 Å². The Balaban J connectivity index is 2.98. The predicted octanol–water partition coefficient (Wildman–Crippen LogP) is 0.225. The van der Waals surface area contributed by atoms with E-state index in [1.807, 2.05) is 6.92 Å². The molecule has 0 aliphatic rings. The van der Waals surface area contributed by atoms with E-state index in [9.17, 15) is 4.79 Å². The summed E-state index contributed by atoms with van der Waals surface area (Å²) in [5, 5.41) is 2.73. The summed E-state index contributed by atoms with van der Waals surface area (Å²) >= 11 is 0. The van der Waals surface area contributed by atoms with Crippen LogP contribution in [0, 0.1) is 0 Å². The van der Waals surface area contributed by atoms with Crippen molar-refractivity contribution in [1.82, 2.24) is 5.32 Å². The van der Waals surface area contributed by atoms with Crippen molar-refractivity contribution in [2.75, 3.05) is 73.1 Å². The van der Waals surface area contributed by atoms with E-state index in [4.69, 9.17) is 23.7 Å². The molecule has 0 aromatic heterocycles. The van der Waals surface area contributed by atoms with Gasteiger partial charge in [-0.3, -0.25) is 4.79 Å². The van der Waals surface area contributed by atoms with Crippen LogP contribution in [-0.2, 0) is 28.5 Å². The number of methoxy groups -OCH3 is 1. The Hall–Kier alpha value is -0.730. The summed E-state index contributed by atoms with van der Waals surface area (Å²) in [4.78, 5) is 10.9. The molecule has 1 N–H and O–H groups in total. The van der Waals surface area contributed by atoms with Gasteiger partial charge in [-0.25, -0.2) is 0 Å². The number of carbonyl (C=O) groups excluding carboxylic acids is 1. The number of rotatable bonds is 16. The molecule has 0 aromatic carbocycles. The molecule has 7 nitrogen and oxygen atoms in total. The molecule has 0 unspecified atom stereocenters. The minimum Gasteiger partial charge on any atom is -0.382 e.